The average molecular weight is 294 g/mol. The van der Waals surface area contributed by atoms with Crippen LogP contribution in [0.1, 0.15) is 42.3 Å². The van der Waals surface area contributed by atoms with Gasteiger partial charge in [-0.3, -0.25) is 0 Å². The minimum atomic E-state index is -0.651. The molecule has 108 valence electrons. The van der Waals surface area contributed by atoms with Gasteiger partial charge in [0.05, 0.1) is 16.8 Å². The normalized spacial score (nSPS) is 14.2. The maximum Gasteiger partial charge on any atom is 0.123 e. The molecule has 2 atom stereocenters. The standard InChI is InChI=1S/C15H19FN2OS/c1-3-15-18-13(9-20-15)10(2)17-8-14(19)11-4-6-12(16)7-5-11/h4-7,9-10,14,17,19H,3,8H2,1-2H3/t10-,14-/m0/s1. The smallest absolute Gasteiger partial charge is 0.123 e. The number of aryl methyl sites for hydroxylation is 1. The van der Waals surface area contributed by atoms with Gasteiger partial charge in [-0.15, -0.1) is 11.3 Å². The molecule has 0 bridgehead atoms. The van der Waals surface area contributed by atoms with Gasteiger partial charge in [-0.1, -0.05) is 19.1 Å². The molecular weight excluding hydrogens is 275 g/mol. The summed E-state index contributed by atoms with van der Waals surface area (Å²) in [5, 5.41) is 16.5. The summed E-state index contributed by atoms with van der Waals surface area (Å²) in [6.07, 6.45) is 0.289. The minimum absolute atomic E-state index is 0.0849. The van der Waals surface area contributed by atoms with Crippen LogP contribution in [0.2, 0.25) is 0 Å². The first-order valence-electron chi connectivity index (χ1n) is 6.71. The number of nitrogens with one attached hydrogen (secondary N) is 1. The summed E-state index contributed by atoms with van der Waals surface area (Å²) in [7, 11) is 0. The average Bonchev–Trinajstić information content (AvgIpc) is 2.94. The molecule has 0 saturated heterocycles. The van der Waals surface area contributed by atoms with Crippen molar-refractivity contribution >= 4 is 11.3 Å². The number of benzene rings is 1. The fourth-order valence-electron chi connectivity index (χ4n) is 1.88. The molecule has 0 aliphatic carbocycles. The van der Waals surface area contributed by atoms with E-state index in [1.807, 2.05) is 12.3 Å². The summed E-state index contributed by atoms with van der Waals surface area (Å²) in [5.41, 5.74) is 1.71. The fourth-order valence-corrected chi connectivity index (χ4v) is 2.72. The number of thiazole rings is 1. The molecule has 1 aromatic carbocycles. The first kappa shape index (κ1) is 15.1. The van der Waals surface area contributed by atoms with E-state index < -0.39 is 6.10 Å². The Hall–Kier alpha value is -1.30. The number of hydrogen-bond donors (Lipinski definition) is 2. The molecule has 20 heavy (non-hydrogen) atoms. The molecule has 2 rings (SSSR count). The number of nitrogens with zero attached hydrogens (tertiary/aromatic N) is 1. The van der Waals surface area contributed by atoms with Crippen molar-refractivity contribution in [2.24, 2.45) is 0 Å². The lowest BCUT2D eigenvalue weighted by atomic mass is 10.1. The van der Waals surface area contributed by atoms with Gasteiger partial charge in [-0.25, -0.2) is 9.37 Å². The van der Waals surface area contributed by atoms with Gasteiger partial charge in [0.2, 0.25) is 0 Å². The molecule has 5 heteroatoms. The van der Waals surface area contributed by atoms with Gasteiger partial charge >= 0.3 is 0 Å². The monoisotopic (exact) mass is 294 g/mol. The lowest BCUT2D eigenvalue weighted by Crippen LogP contribution is -2.25. The van der Waals surface area contributed by atoms with Crippen LogP contribution in [0.15, 0.2) is 29.6 Å². The molecule has 3 nitrogen and oxygen atoms in total. The molecule has 2 N–H and O–H groups in total. The van der Waals surface area contributed by atoms with Crippen LogP contribution in [-0.2, 0) is 6.42 Å². The maximum atomic E-state index is 12.8. The SMILES string of the molecule is CCc1nc([C@H](C)NC[C@H](O)c2ccc(F)cc2)cs1. The number of aliphatic hydroxyl groups excluding tert-OH is 1. The second-order valence-corrected chi connectivity index (χ2v) is 5.66. The fraction of sp³-hybridized carbons (Fsp3) is 0.400. The molecule has 0 aliphatic rings. The van der Waals surface area contributed by atoms with Gasteiger partial charge in [0.15, 0.2) is 0 Å². The zero-order valence-corrected chi connectivity index (χ0v) is 12.5. The molecule has 2 aromatic rings. The summed E-state index contributed by atoms with van der Waals surface area (Å²) >= 11 is 1.65. The molecule has 0 unspecified atom stereocenters. The second kappa shape index (κ2) is 6.92. The third-order valence-corrected chi connectivity index (χ3v) is 4.20. The summed E-state index contributed by atoms with van der Waals surface area (Å²) < 4.78 is 12.8. The Morgan fingerprint density at radius 2 is 2.05 bits per heavy atom. The van der Waals surface area contributed by atoms with Gasteiger partial charge in [-0.05, 0) is 31.0 Å². The summed E-state index contributed by atoms with van der Waals surface area (Å²) in [4.78, 5) is 4.52. The van der Waals surface area contributed by atoms with E-state index in [0.717, 1.165) is 17.1 Å². The quantitative estimate of drug-likeness (QED) is 0.860. The van der Waals surface area contributed by atoms with Crippen molar-refractivity contribution in [1.82, 2.24) is 10.3 Å². The van der Waals surface area contributed by atoms with E-state index in [9.17, 15) is 9.50 Å². The lowest BCUT2D eigenvalue weighted by Gasteiger charge is -2.16. The van der Waals surface area contributed by atoms with Crippen LogP contribution in [0.4, 0.5) is 4.39 Å². The van der Waals surface area contributed by atoms with Crippen molar-refractivity contribution in [3.8, 4) is 0 Å². The number of rotatable bonds is 6. The molecule has 0 fully saturated rings. The van der Waals surface area contributed by atoms with Crippen molar-refractivity contribution in [3.05, 3.63) is 51.7 Å². The predicted octanol–water partition coefficient (Wildman–Crippen LogP) is 3.23. The molecule has 1 heterocycles. The highest BCUT2D eigenvalue weighted by atomic mass is 32.1. The van der Waals surface area contributed by atoms with Gasteiger partial charge in [0, 0.05) is 18.0 Å². The van der Waals surface area contributed by atoms with Crippen LogP contribution < -0.4 is 5.32 Å². The van der Waals surface area contributed by atoms with E-state index in [0.29, 0.717) is 12.1 Å². The third kappa shape index (κ3) is 3.85. The van der Waals surface area contributed by atoms with Gasteiger partial charge in [0.1, 0.15) is 5.82 Å². The van der Waals surface area contributed by atoms with E-state index in [1.54, 1.807) is 23.5 Å². The van der Waals surface area contributed by atoms with Crippen LogP contribution in [0, 0.1) is 5.82 Å². The van der Waals surface area contributed by atoms with Crippen molar-refractivity contribution in [1.29, 1.82) is 0 Å². The Kier molecular flexibility index (Phi) is 5.23. The van der Waals surface area contributed by atoms with E-state index in [2.05, 4.69) is 17.2 Å². The number of aromatic nitrogens is 1. The molecule has 0 aliphatic heterocycles. The largest absolute Gasteiger partial charge is 0.387 e. The van der Waals surface area contributed by atoms with E-state index in [-0.39, 0.29) is 11.9 Å². The topological polar surface area (TPSA) is 45.2 Å². The first-order valence-corrected chi connectivity index (χ1v) is 7.59. The Labute approximate surface area is 122 Å². The van der Waals surface area contributed by atoms with Gasteiger partial charge in [-0.2, -0.15) is 0 Å². The summed E-state index contributed by atoms with van der Waals surface area (Å²) in [5.74, 6) is -0.295. The minimum Gasteiger partial charge on any atom is -0.387 e. The molecule has 0 saturated carbocycles. The Bertz CT molecular complexity index is 541. The molecule has 1 aromatic heterocycles. The molecule has 0 amide bonds. The van der Waals surface area contributed by atoms with Crippen molar-refractivity contribution in [2.45, 2.75) is 32.4 Å². The van der Waals surface area contributed by atoms with Gasteiger partial charge in [0.25, 0.3) is 0 Å². The molecule has 0 radical (unpaired) electrons. The lowest BCUT2D eigenvalue weighted by molar-refractivity contribution is 0.170. The first-order chi connectivity index (χ1) is 9.60. The number of aliphatic hydroxyl groups is 1. The zero-order chi connectivity index (χ0) is 14.5. The van der Waals surface area contributed by atoms with Crippen molar-refractivity contribution < 1.29 is 9.50 Å². The highest BCUT2D eigenvalue weighted by molar-refractivity contribution is 7.09. The maximum absolute atomic E-state index is 12.8. The van der Waals surface area contributed by atoms with Crippen LogP contribution in [0.3, 0.4) is 0 Å². The Balaban J connectivity index is 1.89. The van der Waals surface area contributed by atoms with E-state index in [1.165, 1.54) is 12.1 Å². The summed E-state index contributed by atoms with van der Waals surface area (Å²) in [6.45, 7) is 4.51. The number of halogens is 1. The highest BCUT2D eigenvalue weighted by Gasteiger charge is 2.12. The van der Waals surface area contributed by atoms with Crippen LogP contribution in [0.5, 0.6) is 0 Å². The van der Waals surface area contributed by atoms with Crippen LogP contribution >= 0.6 is 11.3 Å². The zero-order valence-electron chi connectivity index (χ0n) is 11.6. The highest BCUT2D eigenvalue weighted by Crippen LogP contribution is 2.18. The summed E-state index contributed by atoms with van der Waals surface area (Å²) in [6, 6.07) is 6.00. The second-order valence-electron chi connectivity index (χ2n) is 4.72. The van der Waals surface area contributed by atoms with Crippen LogP contribution in [-0.4, -0.2) is 16.6 Å². The molecular formula is C15H19FN2OS. The third-order valence-electron chi connectivity index (χ3n) is 3.19. The van der Waals surface area contributed by atoms with E-state index >= 15 is 0 Å². The Morgan fingerprint density at radius 1 is 1.35 bits per heavy atom. The number of hydrogen-bond acceptors (Lipinski definition) is 4. The van der Waals surface area contributed by atoms with Crippen molar-refractivity contribution in [2.75, 3.05) is 6.54 Å². The predicted molar refractivity (Wildman–Crippen MR) is 79.3 cm³/mol. The molecule has 0 spiro atoms. The van der Waals surface area contributed by atoms with Crippen molar-refractivity contribution in [3.63, 3.8) is 0 Å². The van der Waals surface area contributed by atoms with E-state index in [4.69, 9.17) is 0 Å². The Morgan fingerprint density at radius 3 is 2.65 bits per heavy atom. The van der Waals surface area contributed by atoms with Gasteiger partial charge < -0.3 is 10.4 Å². The van der Waals surface area contributed by atoms with Crippen LogP contribution in [0.25, 0.3) is 0 Å².